The molecule has 3 rings (SSSR count). The van der Waals surface area contributed by atoms with Crippen LogP contribution in [0.1, 0.15) is 26.5 Å². The molecule has 2 fully saturated rings. The maximum atomic E-state index is 11.9. The average Bonchev–Trinajstić information content (AvgIpc) is 2.86. The Hall–Kier alpha value is -1.05. The van der Waals surface area contributed by atoms with Crippen molar-refractivity contribution in [2.24, 2.45) is 0 Å². The van der Waals surface area contributed by atoms with E-state index >= 15 is 0 Å². The summed E-state index contributed by atoms with van der Waals surface area (Å²) in [7, 11) is 0. The second kappa shape index (κ2) is 4.22. The number of fused-ring (bicyclic) bond motifs is 2. The van der Waals surface area contributed by atoms with Gasteiger partial charge in [0, 0.05) is 18.9 Å². The van der Waals surface area contributed by atoms with Crippen molar-refractivity contribution < 1.29 is 11.2 Å². The Balaban J connectivity index is 2.05. The van der Waals surface area contributed by atoms with Crippen LogP contribution in [0.25, 0.3) is 0 Å². The fourth-order valence-electron chi connectivity index (χ4n) is 2.63. The fraction of sp³-hybridized carbons (Fsp3) is 0.667. The first kappa shape index (κ1) is 11.7. The van der Waals surface area contributed by atoms with Gasteiger partial charge in [0.15, 0.2) is 6.23 Å². The highest BCUT2D eigenvalue weighted by Crippen LogP contribution is 2.52. The highest BCUT2D eigenvalue weighted by molar-refractivity contribution is 8.00. The van der Waals surface area contributed by atoms with Gasteiger partial charge in [-0.2, -0.15) is 0 Å². The summed E-state index contributed by atoms with van der Waals surface area (Å²) in [6.07, 6.45) is -0.592. The zero-order chi connectivity index (χ0) is 14.7. The molecule has 0 spiro atoms. The number of thioether (sulfide) groups is 1. The minimum Gasteiger partial charge on any atom is -0.389 e. The minimum absolute atomic E-state index is 0.300. The van der Waals surface area contributed by atoms with E-state index in [1.807, 2.05) is 0 Å². The van der Waals surface area contributed by atoms with Crippen LogP contribution in [0, 0.1) is 6.92 Å². The quantitative estimate of drug-likeness (QED) is 0.799. The number of nitrogens with one attached hydrogen (secondary N) is 1. The van der Waals surface area contributed by atoms with Crippen LogP contribution in [0.2, 0.25) is 0 Å². The zero-order valence-corrected chi connectivity index (χ0v) is 11.4. The number of hydrogen-bond acceptors (Lipinski definition) is 5. The summed E-state index contributed by atoms with van der Waals surface area (Å²) in [6, 6.07) is 0. The van der Waals surface area contributed by atoms with Crippen molar-refractivity contribution in [2.75, 3.05) is 5.75 Å². The van der Waals surface area contributed by atoms with Gasteiger partial charge in [-0.3, -0.25) is 14.3 Å². The monoisotopic (exact) mass is 285 g/mol. The molecule has 3 heterocycles. The van der Waals surface area contributed by atoms with Crippen molar-refractivity contribution in [3.05, 3.63) is 32.6 Å². The van der Waals surface area contributed by atoms with Gasteiger partial charge >= 0.3 is 5.69 Å². The molecule has 104 valence electrons. The van der Waals surface area contributed by atoms with E-state index in [4.69, 9.17) is 6.11 Å². The van der Waals surface area contributed by atoms with Gasteiger partial charge in [0.1, 0.15) is 11.7 Å². The van der Waals surface area contributed by atoms with E-state index in [1.165, 1.54) is 22.5 Å². The number of aliphatic hydroxyl groups is 1. The number of aromatic nitrogens is 2. The van der Waals surface area contributed by atoms with Crippen molar-refractivity contribution in [3.8, 4) is 0 Å². The fourth-order valence-corrected chi connectivity index (χ4v) is 4.25. The lowest BCUT2D eigenvalue weighted by Crippen LogP contribution is -2.40. The number of hydrogen-bond donors (Lipinski definition) is 2. The Morgan fingerprint density at radius 3 is 3.11 bits per heavy atom. The largest absolute Gasteiger partial charge is 0.389 e. The van der Waals surface area contributed by atoms with Crippen molar-refractivity contribution in [1.82, 2.24) is 9.55 Å². The number of aliphatic hydroxyl groups excluding tert-OH is 1. The van der Waals surface area contributed by atoms with Crippen molar-refractivity contribution >= 4 is 11.8 Å². The third-order valence-electron chi connectivity index (χ3n) is 3.84. The molecule has 7 heteroatoms. The molecule has 0 aromatic carbocycles. The number of rotatable bonds is 2. The summed E-state index contributed by atoms with van der Waals surface area (Å²) in [4.78, 5) is 25.6. The molecule has 1 aromatic rings. The smallest absolute Gasteiger partial charge is 0.330 e. The van der Waals surface area contributed by atoms with Crippen LogP contribution < -0.4 is 11.2 Å². The third kappa shape index (κ3) is 1.72. The molecule has 2 aliphatic rings. The second-order valence-corrected chi connectivity index (χ2v) is 6.12. The summed E-state index contributed by atoms with van der Waals surface area (Å²) in [5, 5.41) is 10.0. The van der Waals surface area contributed by atoms with Crippen LogP contribution in [0.4, 0.5) is 0 Å². The van der Waals surface area contributed by atoms with Gasteiger partial charge in [0.05, 0.1) is 5.25 Å². The lowest BCUT2D eigenvalue weighted by Gasteiger charge is -2.30. The minimum atomic E-state index is -0.941. The van der Waals surface area contributed by atoms with Crippen LogP contribution in [0.5, 0.6) is 0 Å². The van der Waals surface area contributed by atoms with E-state index in [2.05, 4.69) is 4.98 Å². The zero-order valence-electron chi connectivity index (χ0n) is 11.6. The number of nitrogens with zero attached hydrogens (tertiary/aromatic N) is 1. The molecular weight excluding hydrogens is 268 g/mol. The van der Waals surface area contributed by atoms with Gasteiger partial charge < -0.3 is 9.84 Å². The first-order chi connectivity index (χ1) is 9.36. The van der Waals surface area contributed by atoms with Gasteiger partial charge in [0.2, 0.25) is 0 Å². The highest BCUT2D eigenvalue weighted by Gasteiger charge is 2.59. The summed E-state index contributed by atoms with van der Waals surface area (Å²) >= 11 is 1.50. The topological polar surface area (TPSA) is 84.3 Å². The standard InChI is InChI=1S/C12H16N2O4S/c1-3-12-5-19-7(8(12)15)10(18-12)14-4-6(2)9(16)13-11(14)17/h4,7-8,10,15H,3,5H2,1-2H3,(H,13,16,17)/t7-,8+,10-,12+/m1/s1/i3D/t3-,7+,8-,10+,12-/m0. The maximum Gasteiger partial charge on any atom is 0.330 e. The second-order valence-electron chi connectivity index (χ2n) is 4.95. The average molecular weight is 285 g/mol. The molecule has 0 radical (unpaired) electrons. The van der Waals surface area contributed by atoms with Gasteiger partial charge in [-0.25, -0.2) is 4.79 Å². The van der Waals surface area contributed by atoms with Gasteiger partial charge in [-0.05, 0) is 13.3 Å². The molecular formula is C12H16N2O4S. The number of H-pyrrole nitrogens is 1. The number of aromatic amines is 1. The maximum absolute atomic E-state index is 11.9. The lowest BCUT2D eigenvalue weighted by molar-refractivity contribution is -0.0914. The molecule has 6 nitrogen and oxygen atoms in total. The Labute approximate surface area is 115 Å². The Morgan fingerprint density at radius 2 is 2.47 bits per heavy atom. The molecule has 5 atom stereocenters. The summed E-state index contributed by atoms with van der Waals surface area (Å²) in [6.45, 7) is 3.28. The van der Waals surface area contributed by atoms with E-state index in [9.17, 15) is 14.7 Å². The molecule has 0 aliphatic carbocycles. The van der Waals surface area contributed by atoms with Gasteiger partial charge in [-0.15, -0.1) is 11.8 Å². The van der Waals surface area contributed by atoms with Crippen molar-refractivity contribution in [1.29, 1.82) is 0 Å². The van der Waals surface area contributed by atoms with E-state index in [0.717, 1.165) is 0 Å². The first-order valence-corrected chi connectivity index (χ1v) is 7.13. The molecule has 0 amide bonds. The molecule has 2 aliphatic heterocycles. The molecule has 19 heavy (non-hydrogen) atoms. The lowest BCUT2D eigenvalue weighted by atomic mass is 9.96. The van der Waals surface area contributed by atoms with E-state index < -0.39 is 35.6 Å². The summed E-state index contributed by atoms with van der Waals surface area (Å²) < 4.78 is 15.1. The number of ether oxygens (including phenoxy) is 1. The molecule has 0 unspecified atom stereocenters. The Bertz CT molecular complexity index is 658. The van der Waals surface area contributed by atoms with E-state index in [1.54, 1.807) is 13.8 Å². The van der Waals surface area contributed by atoms with Crippen LogP contribution >= 0.6 is 11.8 Å². The molecule has 2 saturated heterocycles. The Morgan fingerprint density at radius 1 is 1.74 bits per heavy atom. The van der Waals surface area contributed by atoms with Crippen LogP contribution in [-0.2, 0) is 4.74 Å². The van der Waals surface area contributed by atoms with Gasteiger partial charge in [0.25, 0.3) is 5.56 Å². The predicted octanol–water partition coefficient (Wildman–Crippen LogP) is -0.00108. The van der Waals surface area contributed by atoms with Crippen LogP contribution in [0.15, 0.2) is 15.8 Å². The molecule has 0 saturated carbocycles. The van der Waals surface area contributed by atoms with Gasteiger partial charge in [-0.1, -0.05) is 6.92 Å². The van der Waals surface area contributed by atoms with E-state index in [-0.39, 0.29) is 5.25 Å². The third-order valence-corrected chi connectivity index (χ3v) is 5.34. The highest BCUT2D eigenvalue weighted by atomic mass is 32.2. The van der Waals surface area contributed by atoms with Crippen molar-refractivity contribution in [3.63, 3.8) is 0 Å². The predicted molar refractivity (Wildman–Crippen MR) is 71.5 cm³/mol. The normalized spacial score (nSPS) is 39.3. The van der Waals surface area contributed by atoms with Crippen LogP contribution in [-0.4, -0.2) is 37.4 Å². The SMILES string of the molecule is [2H][C@@H](C)[C@@]12CS[C@@H]([C@H](n3cc(C)c(=O)[nH]c3=O)O1)[C@@H]2O. The molecule has 1 aromatic heterocycles. The van der Waals surface area contributed by atoms with E-state index in [0.29, 0.717) is 11.3 Å². The number of aryl methyl sites for hydroxylation is 1. The summed E-state index contributed by atoms with van der Waals surface area (Å²) in [5.41, 5.74) is -1.52. The van der Waals surface area contributed by atoms with Crippen LogP contribution in [0.3, 0.4) is 0 Å². The Kier molecular flexibility index (Phi) is 2.61. The first-order valence-electron chi connectivity index (χ1n) is 6.66. The molecule has 2 bridgehead atoms. The van der Waals surface area contributed by atoms with Crippen molar-refractivity contribution in [2.45, 2.75) is 43.4 Å². The summed E-state index contributed by atoms with van der Waals surface area (Å²) in [5.74, 6) is 0.539. The molecule has 2 N–H and O–H groups in total.